The Morgan fingerprint density at radius 1 is 0.452 bits per heavy atom. The molecule has 14 heteroatoms. The normalized spacial score (nSPS) is 24.6. The van der Waals surface area contributed by atoms with Crippen LogP contribution in [0, 0.1) is 17.8 Å². The number of carbonyl (C=O) groups is 4. The van der Waals surface area contributed by atoms with Gasteiger partial charge in [0.2, 0.25) is 0 Å². The Balaban J connectivity index is -0.0000000312. The van der Waals surface area contributed by atoms with Crippen molar-refractivity contribution in [1.82, 2.24) is 23.8 Å². The molecule has 3 N–H and O–H groups in total. The number of hydrogen-bond acceptors (Lipinski definition) is 10. The maximum absolute atomic E-state index is 13.7. The van der Waals surface area contributed by atoms with Gasteiger partial charge in [-0.15, -0.1) is 0 Å². The molecular formula is C90H215BN6NaO6. The average molecular weight is 1630 g/mol. The number of carbonyl (C=O) groups excluding carboxylic acids is 4. The first-order valence-electron chi connectivity index (χ1n) is 96.4. The zero-order valence-corrected chi connectivity index (χ0v) is 62.4. The molecule has 6 saturated carbocycles. The van der Waals surface area contributed by atoms with Gasteiger partial charge in [0.15, 0.2) is 11.6 Å². The molecule has 6 aliphatic rings. The Labute approximate surface area is 821 Å². The van der Waals surface area contributed by atoms with Gasteiger partial charge in [0.1, 0.15) is 5.69 Å². The third-order valence-electron chi connectivity index (χ3n) is 22.4. The minimum Gasteiger partial charge on any atom is -1.00 e. The summed E-state index contributed by atoms with van der Waals surface area (Å²) in [7, 11) is 0. The Hall–Kier alpha value is -8.69. The van der Waals surface area contributed by atoms with Crippen molar-refractivity contribution in [3.05, 3.63) is 281 Å². The topological polar surface area (TPSA) is 171 Å². The second-order valence-corrected chi connectivity index (χ2v) is 29.4. The predicted octanol–water partition coefficient (Wildman–Crippen LogP) is 31.8. The van der Waals surface area contributed by atoms with E-state index in [1.807, 2.05) is 41.6 Å². The summed E-state index contributed by atoms with van der Waals surface area (Å²) in [4.78, 5) is 60.0. The summed E-state index contributed by atoms with van der Waals surface area (Å²) < 4.78 is 598. The Morgan fingerprint density at radius 2 is 0.808 bits per heavy atom. The van der Waals surface area contributed by atoms with Crippen molar-refractivity contribution >= 4 is 43.0 Å². The van der Waals surface area contributed by atoms with Crippen LogP contribution in [0.3, 0.4) is 0 Å². The molecule has 12 nitrogen and oxygen atoms in total. The second-order valence-electron chi connectivity index (χ2n) is 29.4. The van der Waals surface area contributed by atoms with Crippen LogP contribution in [0.4, 0.5) is 0 Å². The van der Waals surface area contributed by atoms with E-state index in [9.17, 15) is 24.3 Å². The molecule has 5 aromatic heterocycles. The summed E-state index contributed by atoms with van der Waals surface area (Å²) in [5.41, 5.74) is 27.0. The fourth-order valence-electron chi connectivity index (χ4n) is 16.3. The number of aromatic nitrogens is 5. The number of hydrogen-bond donors (Lipinski definition) is 2. The van der Waals surface area contributed by atoms with Crippen LogP contribution >= 0.6 is 0 Å². The average Bonchev–Trinajstić information content (AvgIpc) is 1.62. The van der Waals surface area contributed by atoms with Crippen LogP contribution < -0.4 is 35.3 Å². The van der Waals surface area contributed by atoms with Crippen LogP contribution in [0.25, 0.3) is 44.4 Å². The molecule has 104 heavy (non-hydrogen) atoms. The zero-order valence-electron chi connectivity index (χ0n) is 179. The third-order valence-corrected chi connectivity index (χ3v) is 22.4. The Bertz CT molecular complexity index is 4880. The van der Waals surface area contributed by atoms with Crippen molar-refractivity contribution in [1.29, 1.82) is 0 Å². The molecule has 11 aromatic rings. The number of rotatable bonds is 16. The summed E-state index contributed by atoms with van der Waals surface area (Å²) in [5, 5.41) is 11.5. The van der Waals surface area contributed by atoms with Crippen molar-refractivity contribution in [2.24, 2.45) is 23.5 Å². The molecular weight excluding hydrogens is 1290 g/mol. The number of imidazole rings is 2. The molecule has 17 rings (SSSR count). The van der Waals surface area contributed by atoms with Gasteiger partial charge < -0.3 is 21.4 Å². The number of ketones is 2. The molecule has 0 saturated heterocycles. The Kier molecular flexibility index (Phi) is 10.4. The number of fused-ring (bicyclic) bond motifs is 2. The van der Waals surface area contributed by atoms with Gasteiger partial charge in [-0.1, -0.05) is 182 Å². The molecule has 0 bridgehead atoms. The summed E-state index contributed by atoms with van der Waals surface area (Å²) >= 11 is 0. The van der Waals surface area contributed by atoms with Crippen LogP contribution in [-0.4, -0.2) is 60.8 Å². The molecule has 0 amide bonds. The first-order chi connectivity index (χ1) is 109. The monoisotopic (exact) mass is 1630 g/mol. The standard InChI is InChI=1S/C29H30N2O.C29H28N2O.C28H30N2O.C4H6O3.B.Na.60H2.H/c2*32-29(28-27(24-12-13-24)17-16-26-18-30-19-31(26)28)25-14-10-23(11-15-25)22-8-6-21(7-9-22)20-4-2-1-3-5-20;29-18-25-16-17-26(23-12-13-23)27(30-25)28(31)24-14-10-22(11-15-24)21-8-6-20(7-9-21)19-4-2-1-3-5-19;1-3(5)7-4(2)6;;;;;;;;;;;;;;;;;;;;;;;;;;;;;;;;;;;;;;;;;;;;;;;;;;;;;;;;;;;;;;;/h1-9,16-19,23-25,29,32H,10-15H2;1-9,16-19,23-25H,10-15H2;1-9,16-17,22-24H,10-15,18,29H2;1-2H3;;;60*1H;/q;;;;;+1;;;;;;;;;;;;;;;;;;;;;;;;;;;;;;;;;;;;;;;;;;;;;;;;;;;;;;;;;;;;;-1/i;;;;;;59*1+1D;1+1;. The first-order valence-corrected chi connectivity index (χ1v) is 37.4. The minimum atomic E-state index is -0.562. The number of ether oxygens (including phenoxy) is 1. The summed E-state index contributed by atoms with van der Waals surface area (Å²) in [6.07, 6.45) is 26.8. The van der Waals surface area contributed by atoms with Crippen LogP contribution in [-0.2, 0) is 20.9 Å². The summed E-state index contributed by atoms with van der Waals surface area (Å²) in [6.45, 7) is 2.75. The van der Waals surface area contributed by atoms with E-state index in [0.29, 0.717) is 59.4 Å². The van der Waals surface area contributed by atoms with Crippen LogP contribution in [0.15, 0.2) is 225 Å². The maximum atomic E-state index is 13.7. The molecule has 6 aliphatic carbocycles. The fraction of sp³-hybridized carbons (Fsp3) is 0.344. The third kappa shape index (κ3) is 18.2. The number of Topliss-reactive ketones (excluding diaryl/α,β-unsaturated/α-hetero) is 2. The fourth-order valence-corrected chi connectivity index (χ4v) is 16.3. The van der Waals surface area contributed by atoms with E-state index in [1.165, 1.54) is 114 Å². The van der Waals surface area contributed by atoms with E-state index in [2.05, 4.69) is 212 Å². The molecule has 6 aromatic carbocycles. The molecule has 6 fully saturated rings. The van der Waals surface area contributed by atoms with Crippen LogP contribution in [0.2, 0.25) is 0 Å². The van der Waals surface area contributed by atoms with E-state index in [0.717, 1.165) is 111 Å². The van der Waals surface area contributed by atoms with Gasteiger partial charge >= 0.3 is 41.5 Å². The SMILES string of the molecule is CC(=O)OC(C)=O.NCc1ccc(C2CC2)c(C(=O)C2CCC(c3ccc(-c4ccccc4)cc3)CC2)n1.O=C(c1c(C2CC2)ccc2cncn12)C1CCC(c2ccc(-c3ccccc3)cc2)CC1.OC(c1c(C2CC2)ccc2cncn12)C1CCC(c2ccc(-c3ccccc3)cc2)CC1.[2HH].[2H][2H].[2H][2H].[2H][2H].[2H][2H].[2H][2H].[2H][2H].[2H][2H].[2H][2H].[2H][2H].[2H][2H].[2H][2H].[2H][2H].[2H][2H].[2H][2H].[2H][2H].[2H][2H].[2H][2H].[2H][2H].[2H][2H].[2H][2H].[2H][2H].[2H][2H].[2H][2H].[2H][2H].[2H][2H].[2H][2H].[2H][2H].[2H][2H].[2H][2H].[2H][2H].[2H][2H].[2H][2H].[2H][2H].[2H][2H].[2H][2H].[2H][2H].[2H][2H].[2H][2H].[2H][2H].[2H][2H].[2H][2H].[2H][2H].[2H][2H].[2H][2H].[2H][2H].[2H][2H].[2H][2H].[2H][2H].[2H][2H].[2H][2H].[2H][2H].[2H][2H].[2H][2H].[2H][2H].[2H][2H].[2H][2H].[2H][2H].[2H][2H].[2H][2H].[B].[H-].[Na+]. The van der Waals surface area contributed by atoms with Gasteiger partial charge in [-0.05, 0) is 242 Å². The molecule has 1 unspecified atom stereocenters. The van der Waals surface area contributed by atoms with E-state index >= 15 is 0 Å². The van der Waals surface area contributed by atoms with Crippen molar-refractivity contribution < 1.29 is 237 Å². The quantitative estimate of drug-likeness (QED) is 0.0411. The van der Waals surface area contributed by atoms with E-state index < -0.39 is 18.0 Å². The van der Waals surface area contributed by atoms with E-state index in [1.54, 1.807) is 0 Å². The van der Waals surface area contributed by atoms with E-state index in [-0.39, 0.29) is 58.4 Å². The second kappa shape index (κ2) is 34.9. The number of benzene rings is 6. The smallest absolute Gasteiger partial charge is 1.00 e. The molecule has 3 radical (unpaired) electrons. The molecule has 1 atom stereocenters. The van der Waals surface area contributed by atoms with Gasteiger partial charge in [0, 0.05) is 217 Å². The molecule has 645 valence electrons. The summed E-state index contributed by atoms with van der Waals surface area (Å²) in [6, 6.07) is 71.5. The van der Waals surface area contributed by atoms with Gasteiger partial charge in [0.05, 0.1) is 59.3 Å². The largest absolute Gasteiger partial charge is 1.00 e. The summed E-state index contributed by atoms with van der Waals surface area (Å²) in [5.74, 6) is 3.37. The van der Waals surface area contributed by atoms with Crippen molar-refractivity contribution in [2.75, 3.05) is 0 Å². The number of nitrogens with zero attached hydrogens (tertiary/aromatic N) is 5. The van der Waals surface area contributed by atoms with Crippen molar-refractivity contribution in [3.8, 4) is 33.4 Å². The van der Waals surface area contributed by atoms with Gasteiger partial charge in [-0.3, -0.25) is 23.6 Å². The Morgan fingerprint density at radius 3 is 1.22 bits per heavy atom. The zero-order chi connectivity index (χ0) is 188. The van der Waals surface area contributed by atoms with Gasteiger partial charge in [-0.2, -0.15) is 0 Å². The number of pyridine rings is 3. The maximum Gasteiger partial charge on any atom is 1.00 e. The first kappa shape index (κ1) is 31.0. The predicted molar refractivity (Wildman–Crippen MR) is 538 cm³/mol. The molecule has 5 heterocycles. The van der Waals surface area contributed by atoms with Crippen molar-refractivity contribution in [3.63, 3.8) is 0 Å². The van der Waals surface area contributed by atoms with Gasteiger partial charge in [-0.25, -0.2) is 15.0 Å². The number of esters is 2. The number of aliphatic hydroxyl groups excluding tert-OH is 1. The van der Waals surface area contributed by atoms with E-state index in [4.69, 9.17) is 181 Å². The van der Waals surface area contributed by atoms with Crippen LogP contribution in [0.1, 0.15) is 415 Å². The number of aliphatic hydroxyl groups is 1. The number of nitrogens with two attached hydrogens (primary N) is 1. The van der Waals surface area contributed by atoms with Crippen molar-refractivity contribution in [2.45, 2.75) is 178 Å². The molecule has 0 aliphatic heterocycles. The van der Waals surface area contributed by atoms with Gasteiger partial charge in [0.25, 0.3) is 0 Å². The van der Waals surface area contributed by atoms with Crippen LogP contribution in [0.5, 0.6) is 0 Å². The minimum absolute atomic E-state index is 0. The molecule has 0 spiro atoms.